The van der Waals surface area contributed by atoms with Crippen LogP contribution in [0, 0.1) is 0 Å². The van der Waals surface area contributed by atoms with Gasteiger partial charge in [-0.3, -0.25) is 9.48 Å². The summed E-state index contributed by atoms with van der Waals surface area (Å²) in [6, 6.07) is 0.250. The Kier molecular flexibility index (Phi) is 5.70. The minimum Gasteiger partial charge on any atom is -0.465 e. The highest BCUT2D eigenvalue weighted by atomic mass is 32.2. The monoisotopic (exact) mass is 357 g/mol. The molecule has 2 rings (SSSR count). The Morgan fingerprint density at radius 2 is 2.00 bits per heavy atom. The first-order valence-corrected chi connectivity index (χ1v) is 9.88. The molecule has 0 spiro atoms. The van der Waals surface area contributed by atoms with Crippen molar-refractivity contribution in [1.82, 2.24) is 14.5 Å². The molecule has 0 aliphatic heterocycles. The Morgan fingerprint density at radius 1 is 1.38 bits per heavy atom. The van der Waals surface area contributed by atoms with E-state index in [1.807, 2.05) is 20.8 Å². The van der Waals surface area contributed by atoms with Crippen molar-refractivity contribution in [3.8, 4) is 0 Å². The number of hydrogen-bond donors (Lipinski definition) is 1. The lowest BCUT2D eigenvalue weighted by atomic mass is 9.92. The fraction of sp³-hybridized carbons (Fsp3) is 0.750. The molecule has 1 aliphatic carbocycles. The molecule has 8 heteroatoms. The van der Waals surface area contributed by atoms with Gasteiger partial charge in [0, 0.05) is 11.6 Å². The summed E-state index contributed by atoms with van der Waals surface area (Å²) >= 11 is 0. The van der Waals surface area contributed by atoms with Crippen LogP contribution in [0.4, 0.5) is 0 Å². The van der Waals surface area contributed by atoms with Crippen LogP contribution in [0.3, 0.4) is 0 Å². The highest BCUT2D eigenvalue weighted by Gasteiger charge is 2.32. The number of hydrogen-bond acceptors (Lipinski definition) is 5. The van der Waals surface area contributed by atoms with Crippen LogP contribution in [0.25, 0.3) is 0 Å². The van der Waals surface area contributed by atoms with Crippen LogP contribution >= 0.6 is 0 Å². The summed E-state index contributed by atoms with van der Waals surface area (Å²) in [6.45, 7) is 7.30. The Morgan fingerprint density at radius 3 is 2.54 bits per heavy atom. The average Bonchev–Trinajstić information content (AvgIpc) is 3.13. The van der Waals surface area contributed by atoms with Gasteiger partial charge < -0.3 is 4.74 Å². The van der Waals surface area contributed by atoms with Gasteiger partial charge in [-0.2, -0.15) is 9.82 Å². The SMILES string of the molecule is CCOC(=O)CNS(=O)(=O)c1cn(C2CCCC2)nc1C(C)(C)C. The molecule has 1 aromatic rings. The van der Waals surface area contributed by atoms with Gasteiger partial charge in [0.2, 0.25) is 10.0 Å². The van der Waals surface area contributed by atoms with Gasteiger partial charge in [-0.1, -0.05) is 33.6 Å². The summed E-state index contributed by atoms with van der Waals surface area (Å²) in [4.78, 5) is 11.6. The fourth-order valence-corrected chi connectivity index (χ4v) is 4.20. The number of carbonyl (C=O) groups excluding carboxylic acids is 1. The highest BCUT2D eigenvalue weighted by Crippen LogP contribution is 2.33. The second-order valence-corrected chi connectivity index (χ2v) is 8.88. The molecule has 7 nitrogen and oxygen atoms in total. The maximum absolute atomic E-state index is 12.7. The third-order valence-electron chi connectivity index (χ3n) is 4.11. The second kappa shape index (κ2) is 7.23. The standard InChI is InChI=1S/C16H27N3O4S/c1-5-23-14(20)10-17-24(21,22)13-11-19(12-8-6-7-9-12)18-15(13)16(2,3)4/h11-12,17H,5-10H2,1-4H3. The van der Waals surface area contributed by atoms with E-state index in [-0.39, 0.29) is 24.1 Å². The normalized spacial score (nSPS) is 16.5. The summed E-state index contributed by atoms with van der Waals surface area (Å²) in [7, 11) is -3.83. The number of nitrogens with one attached hydrogen (secondary N) is 1. The zero-order chi connectivity index (χ0) is 18.0. The Labute approximate surface area is 143 Å². The smallest absolute Gasteiger partial charge is 0.321 e. The van der Waals surface area contributed by atoms with Gasteiger partial charge in [0.15, 0.2) is 0 Å². The highest BCUT2D eigenvalue weighted by molar-refractivity contribution is 7.89. The van der Waals surface area contributed by atoms with Gasteiger partial charge in [-0.15, -0.1) is 0 Å². The van der Waals surface area contributed by atoms with Crippen molar-refractivity contribution in [2.45, 2.75) is 69.7 Å². The van der Waals surface area contributed by atoms with Crippen molar-refractivity contribution in [3.63, 3.8) is 0 Å². The number of carbonyl (C=O) groups is 1. The molecule has 1 aliphatic rings. The average molecular weight is 357 g/mol. The first-order valence-electron chi connectivity index (χ1n) is 8.40. The molecular weight excluding hydrogens is 330 g/mol. The van der Waals surface area contributed by atoms with E-state index in [1.165, 1.54) is 0 Å². The van der Waals surface area contributed by atoms with Crippen molar-refractivity contribution < 1.29 is 17.9 Å². The largest absolute Gasteiger partial charge is 0.465 e. The molecule has 0 aromatic carbocycles. The van der Waals surface area contributed by atoms with Crippen LogP contribution in [0.1, 0.15) is 65.1 Å². The molecule has 1 saturated carbocycles. The van der Waals surface area contributed by atoms with Crippen LogP contribution in [0.5, 0.6) is 0 Å². The number of aromatic nitrogens is 2. The van der Waals surface area contributed by atoms with E-state index >= 15 is 0 Å². The first kappa shape index (κ1) is 18.9. The predicted molar refractivity (Wildman–Crippen MR) is 90.3 cm³/mol. The van der Waals surface area contributed by atoms with E-state index in [1.54, 1.807) is 17.8 Å². The van der Waals surface area contributed by atoms with E-state index in [2.05, 4.69) is 9.82 Å². The molecule has 0 atom stereocenters. The molecule has 24 heavy (non-hydrogen) atoms. The molecule has 1 N–H and O–H groups in total. The van der Waals surface area contributed by atoms with Gasteiger partial charge in [-0.25, -0.2) is 8.42 Å². The number of esters is 1. The van der Waals surface area contributed by atoms with E-state index in [0.717, 1.165) is 25.7 Å². The van der Waals surface area contributed by atoms with E-state index < -0.39 is 21.4 Å². The van der Waals surface area contributed by atoms with Gasteiger partial charge in [0.25, 0.3) is 0 Å². The zero-order valence-corrected chi connectivity index (χ0v) is 15.6. The molecule has 0 radical (unpaired) electrons. The van der Waals surface area contributed by atoms with Crippen molar-refractivity contribution >= 4 is 16.0 Å². The van der Waals surface area contributed by atoms with Gasteiger partial charge in [-0.05, 0) is 19.8 Å². The Bertz CT molecular complexity index is 683. The van der Waals surface area contributed by atoms with Crippen molar-refractivity contribution in [2.75, 3.05) is 13.2 Å². The van der Waals surface area contributed by atoms with Gasteiger partial charge >= 0.3 is 5.97 Å². The maximum Gasteiger partial charge on any atom is 0.321 e. The van der Waals surface area contributed by atoms with Crippen LogP contribution in [0.2, 0.25) is 0 Å². The van der Waals surface area contributed by atoms with Crippen molar-refractivity contribution in [1.29, 1.82) is 0 Å². The van der Waals surface area contributed by atoms with Crippen molar-refractivity contribution in [2.24, 2.45) is 0 Å². The minimum atomic E-state index is -3.83. The van der Waals surface area contributed by atoms with Gasteiger partial charge in [0.1, 0.15) is 11.4 Å². The minimum absolute atomic E-state index is 0.145. The quantitative estimate of drug-likeness (QED) is 0.788. The van der Waals surface area contributed by atoms with Crippen LogP contribution < -0.4 is 4.72 Å². The number of nitrogens with zero attached hydrogens (tertiary/aromatic N) is 2. The van der Waals surface area contributed by atoms with E-state index in [0.29, 0.717) is 5.69 Å². The first-order chi connectivity index (χ1) is 11.1. The van der Waals surface area contributed by atoms with Gasteiger partial charge in [0.05, 0.1) is 18.3 Å². The summed E-state index contributed by atoms with van der Waals surface area (Å²) in [6.07, 6.45) is 5.91. The number of sulfonamides is 1. The molecule has 0 saturated heterocycles. The number of ether oxygens (including phenoxy) is 1. The second-order valence-electron chi connectivity index (χ2n) is 7.14. The lowest BCUT2D eigenvalue weighted by Gasteiger charge is -2.17. The topological polar surface area (TPSA) is 90.3 Å². The number of rotatable bonds is 6. The summed E-state index contributed by atoms with van der Waals surface area (Å²) in [5.41, 5.74) is 0.100. The third-order valence-corrected chi connectivity index (χ3v) is 5.51. The van der Waals surface area contributed by atoms with E-state index in [4.69, 9.17) is 4.74 Å². The predicted octanol–water partition coefficient (Wildman–Crippen LogP) is 2.14. The molecular formula is C16H27N3O4S. The molecule has 0 bridgehead atoms. The molecule has 136 valence electrons. The molecule has 1 heterocycles. The Hall–Kier alpha value is -1.41. The lowest BCUT2D eigenvalue weighted by Crippen LogP contribution is -2.32. The molecule has 1 aromatic heterocycles. The van der Waals surface area contributed by atoms with Crippen molar-refractivity contribution in [3.05, 3.63) is 11.9 Å². The fourth-order valence-electron chi connectivity index (χ4n) is 2.89. The zero-order valence-electron chi connectivity index (χ0n) is 14.8. The lowest BCUT2D eigenvalue weighted by molar-refractivity contribution is -0.141. The maximum atomic E-state index is 12.7. The van der Waals surface area contributed by atoms with Crippen LogP contribution in [-0.2, 0) is 25.0 Å². The van der Waals surface area contributed by atoms with E-state index in [9.17, 15) is 13.2 Å². The summed E-state index contributed by atoms with van der Waals surface area (Å²) < 4.78 is 34.2. The summed E-state index contributed by atoms with van der Waals surface area (Å²) in [5.74, 6) is -0.596. The molecule has 0 unspecified atom stereocenters. The Balaban J connectivity index is 2.30. The third kappa shape index (κ3) is 4.36. The van der Waals surface area contributed by atoms with Crippen LogP contribution in [0.15, 0.2) is 11.1 Å². The molecule has 1 fully saturated rings. The molecule has 0 amide bonds. The van der Waals surface area contributed by atoms with Crippen LogP contribution in [-0.4, -0.2) is 37.3 Å². The summed E-state index contributed by atoms with van der Waals surface area (Å²) in [5, 5.41) is 4.57.